The van der Waals surface area contributed by atoms with E-state index >= 15 is 0 Å². The molecule has 21 heavy (non-hydrogen) atoms. The third kappa shape index (κ3) is 2.07. The summed E-state index contributed by atoms with van der Waals surface area (Å²) in [4.78, 5) is 11.9. The molecule has 1 aromatic heterocycles. The summed E-state index contributed by atoms with van der Waals surface area (Å²) in [6.07, 6.45) is -3.95. The van der Waals surface area contributed by atoms with Crippen LogP contribution in [0.2, 0.25) is 0 Å². The number of fused-ring (bicyclic) bond motifs is 3. The fraction of sp³-hybridized carbons (Fsp3) is 0.133. The second-order valence-electron chi connectivity index (χ2n) is 4.56. The SMILES string of the molecule is O=c1cc(C(F)(F)C(F)F)oc2c1ccc1ccccc12. The highest BCUT2D eigenvalue weighted by atomic mass is 19.3. The second-order valence-corrected chi connectivity index (χ2v) is 4.56. The van der Waals surface area contributed by atoms with Gasteiger partial charge in [0.1, 0.15) is 5.58 Å². The van der Waals surface area contributed by atoms with Gasteiger partial charge in [0.15, 0.2) is 11.2 Å². The van der Waals surface area contributed by atoms with E-state index in [0.717, 1.165) is 0 Å². The molecule has 2 nitrogen and oxygen atoms in total. The molecule has 0 aliphatic carbocycles. The largest absolute Gasteiger partial charge is 0.454 e. The Bertz CT molecular complexity index is 884. The smallest absolute Gasteiger partial charge is 0.363 e. The van der Waals surface area contributed by atoms with Crippen molar-refractivity contribution in [2.24, 2.45) is 0 Å². The maximum atomic E-state index is 13.4. The van der Waals surface area contributed by atoms with Gasteiger partial charge < -0.3 is 4.42 Å². The lowest BCUT2D eigenvalue weighted by atomic mass is 10.1. The predicted molar refractivity (Wildman–Crippen MR) is 69.9 cm³/mol. The Hall–Kier alpha value is -2.37. The molecule has 1 heterocycles. The van der Waals surface area contributed by atoms with Crippen LogP contribution in [0.5, 0.6) is 0 Å². The van der Waals surface area contributed by atoms with E-state index in [0.29, 0.717) is 16.8 Å². The van der Waals surface area contributed by atoms with E-state index in [1.165, 1.54) is 6.07 Å². The van der Waals surface area contributed by atoms with Gasteiger partial charge in [-0.05, 0) is 11.5 Å². The van der Waals surface area contributed by atoms with Gasteiger partial charge in [-0.2, -0.15) is 8.78 Å². The molecule has 0 saturated heterocycles. The standard InChI is InChI=1S/C15H8F4O2/c16-14(17)15(18,19)12-7-11(20)10-6-5-8-3-1-2-4-9(8)13(10)21-12/h1-7,14H. The van der Waals surface area contributed by atoms with Crippen LogP contribution in [-0.4, -0.2) is 6.43 Å². The van der Waals surface area contributed by atoms with Crippen LogP contribution in [0.1, 0.15) is 5.76 Å². The molecular weight excluding hydrogens is 288 g/mol. The normalized spacial score (nSPS) is 12.4. The lowest BCUT2D eigenvalue weighted by Crippen LogP contribution is -2.25. The van der Waals surface area contributed by atoms with Crippen molar-refractivity contribution in [3.8, 4) is 0 Å². The highest BCUT2D eigenvalue weighted by Gasteiger charge is 2.46. The minimum atomic E-state index is -4.51. The van der Waals surface area contributed by atoms with Crippen LogP contribution in [0, 0.1) is 0 Å². The molecule has 0 bridgehead atoms. The van der Waals surface area contributed by atoms with Crippen LogP contribution in [0.3, 0.4) is 0 Å². The molecule has 0 aliphatic heterocycles. The number of hydrogen-bond donors (Lipinski definition) is 0. The molecule has 3 aromatic rings. The van der Waals surface area contributed by atoms with Crippen LogP contribution in [0.4, 0.5) is 17.6 Å². The Morgan fingerprint density at radius 2 is 1.71 bits per heavy atom. The first-order valence-electron chi connectivity index (χ1n) is 6.03. The minimum Gasteiger partial charge on any atom is -0.454 e. The van der Waals surface area contributed by atoms with E-state index in [1.54, 1.807) is 30.3 Å². The molecule has 0 fully saturated rings. The van der Waals surface area contributed by atoms with E-state index in [1.807, 2.05) is 0 Å². The zero-order chi connectivity index (χ0) is 15.2. The Morgan fingerprint density at radius 1 is 1.00 bits per heavy atom. The van der Waals surface area contributed by atoms with Crippen molar-refractivity contribution >= 4 is 21.7 Å². The summed E-state index contributed by atoms with van der Waals surface area (Å²) in [5, 5.41) is 1.15. The van der Waals surface area contributed by atoms with Gasteiger partial charge >= 0.3 is 12.3 Å². The molecule has 0 atom stereocenters. The third-order valence-corrected chi connectivity index (χ3v) is 3.22. The summed E-state index contributed by atoms with van der Waals surface area (Å²) in [5.74, 6) is -5.84. The number of halogens is 4. The van der Waals surface area contributed by atoms with E-state index in [9.17, 15) is 22.4 Å². The van der Waals surface area contributed by atoms with E-state index in [-0.39, 0.29) is 11.0 Å². The summed E-state index contributed by atoms with van der Waals surface area (Å²) in [6.45, 7) is 0. The zero-order valence-electron chi connectivity index (χ0n) is 10.4. The molecular formula is C15H8F4O2. The van der Waals surface area contributed by atoms with E-state index in [4.69, 9.17) is 4.42 Å². The third-order valence-electron chi connectivity index (χ3n) is 3.22. The van der Waals surface area contributed by atoms with Crippen molar-refractivity contribution in [3.05, 3.63) is 58.4 Å². The van der Waals surface area contributed by atoms with Gasteiger partial charge in [-0.25, -0.2) is 8.78 Å². The second kappa shape index (κ2) is 4.58. The maximum absolute atomic E-state index is 13.4. The molecule has 0 radical (unpaired) electrons. The van der Waals surface area contributed by atoms with Crippen LogP contribution in [0.25, 0.3) is 21.7 Å². The zero-order valence-corrected chi connectivity index (χ0v) is 10.4. The van der Waals surface area contributed by atoms with Crippen molar-refractivity contribution in [2.75, 3.05) is 0 Å². The number of rotatable bonds is 2. The van der Waals surface area contributed by atoms with Crippen LogP contribution in [0.15, 0.2) is 51.7 Å². The number of hydrogen-bond acceptors (Lipinski definition) is 2. The van der Waals surface area contributed by atoms with Crippen LogP contribution < -0.4 is 5.43 Å². The fourth-order valence-corrected chi connectivity index (χ4v) is 2.16. The fourth-order valence-electron chi connectivity index (χ4n) is 2.16. The molecule has 3 rings (SSSR count). The molecule has 0 unspecified atom stereocenters. The van der Waals surface area contributed by atoms with Gasteiger partial charge in [0, 0.05) is 11.5 Å². The summed E-state index contributed by atoms with van der Waals surface area (Å²) < 4.78 is 56.6. The lowest BCUT2D eigenvalue weighted by molar-refractivity contribution is -0.147. The highest BCUT2D eigenvalue weighted by molar-refractivity contribution is 6.03. The van der Waals surface area contributed by atoms with Crippen LogP contribution in [-0.2, 0) is 5.92 Å². The average Bonchev–Trinajstić information content (AvgIpc) is 2.46. The minimum absolute atomic E-state index is 0.0718. The van der Waals surface area contributed by atoms with Gasteiger partial charge in [-0.3, -0.25) is 4.79 Å². The highest BCUT2D eigenvalue weighted by Crippen LogP contribution is 2.36. The number of benzene rings is 2. The van der Waals surface area contributed by atoms with E-state index in [2.05, 4.69) is 0 Å². The quantitative estimate of drug-likeness (QED) is 0.521. The van der Waals surface area contributed by atoms with Gasteiger partial charge in [0.05, 0.1) is 5.39 Å². The molecule has 0 saturated carbocycles. The van der Waals surface area contributed by atoms with Gasteiger partial charge in [0.2, 0.25) is 0 Å². The first kappa shape index (κ1) is 13.6. The lowest BCUT2D eigenvalue weighted by Gasteiger charge is -2.14. The summed E-state index contributed by atoms with van der Waals surface area (Å²) >= 11 is 0. The summed E-state index contributed by atoms with van der Waals surface area (Å²) in [5.41, 5.74) is -0.895. The van der Waals surface area contributed by atoms with Crippen molar-refractivity contribution in [1.29, 1.82) is 0 Å². The average molecular weight is 296 g/mol. The topological polar surface area (TPSA) is 30.2 Å². The first-order valence-corrected chi connectivity index (χ1v) is 6.03. The van der Waals surface area contributed by atoms with Crippen molar-refractivity contribution in [3.63, 3.8) is 0 Å². The maximum Gasteiger partial charge on any atom is 0.363 e. The van der Waals surface area contributed by atoms with Gasteiger partial charge in [-0.1, -0.05) is 30.3 Å². The molecule has 0 aliphatic rings. The van der Waals surface area contributed by atoms with Crippen molar-refractivity contribution in [2.45, 2.75) is 12.3 Å². The van der Waals surface area contributed by atoms with Crippen molar-refractivity contribution in [1.82, 2.24) is 0 Å². The molecule has 6 heteroatoms. The monoisotopic (exact) mass is 296 g/mol. The Labute approximate surface area is 115 Å². The molecule has 0 amide bonds. The molecule has 108 valence electrons. The van der Waals surface area contributed by atoms with Gasteiger partial charge in [-0.15, -0.1) is 0 Å². The number of alkyl halides is 4. The summed E-state index contributed by atoms with van der Waals surface area (Å²) in [6, 6.07) is 10.1. The van der Waals surface area contributed by atoms with Crippen LogP contribution >= 0.6 is 0 Å². The Balaban J connectivity index is 2.42. The summed E-state index contributed by atoms with van der Waals surface area (Å²) in [7, 11) is 0. The Morgan fingerprint density at radius 3 is 2.43 bits per heavy atom. The van der Waals surface area contributed by atoms with E-state index < -0.39 is 23.5 Å². The Kier molecular flexibility index (Phi) is 2.97. The predicted octanol–water partition coefficient (Wildman–Crippen LogP) is 4.30. The molecule has 2 aromatic carbocycles. The van der Waals surface area contributed by atoms with Gasteiger partial charge in [0.25, 0.3) is 0 Å². The first-order chi connectivity index (χ1) is 9.91. The van der Waals surface area contributed by atoms with Crippen molar-refractivity contribution < 1.29 is 22.0 Å². The molecule has 0 spiro atoms. The molecule has 0 N–H and O–H groups in total.